The molecule has 0 amide bonds. The molecule has 0 radical (unpaired) electrons. The molecule has 2 aromatic carbocycles. The molecule has 2 N–H and O–H groups in total. The Balaban J connectivity index is 1.95. The summed E-state index contributed by atoms with van der Waals surface area (Å²) in [5.74, 6) is 0. The smallest absolute Gasteiger partial charge is 0.269 e. The van der Waals surface area contributed by atoms with Gasteiger partial charge in [-0.2, -0.15) is 0 Å². The summed E-state index contributed by atoms with van der Waals surface area (Å²) in [5.41, 5.74) is 1.47. The minimum atomic E-state index is -0.744. The minimum Gasteiger partial charge on any atom is -0.387 e. The number of benzene rings is 2. The first-order valence-electron chi connectivity index (χ1n) is 5.98. The lowest BCUT2D eigenvalue weighted by molar-refractivity contribution is -0.384. The van der Waals surface area contributed by atoms with Crippen molar-refractivity contribution in [3.63, 3.8) is 0 Å². The normalized spacial score (nSPS) is 11.9. The van der Waals surface area contributed by atoms with Crippen molar-refractivity contribution >= 4 is 23.0 Å². The van der Waals surface area contributed by atoms with Crippen molar-refractivity contribution < 1.29 is 10.0 Å². The first kappa shape index (κ1) is 14.3. The number of hydrogen-bond acceptors (Lipinski definition) is 4. The fourth-order valence-corrected chi connectivity index (χ4v) is 1.84. The summed E-state index contributed by atoms with van der Waals surface area (Å²) in [7, 11) is 0. The molecule has 0 saturated heterocycles. The highest BCUT2D eigenvalue weighted by molar-refractivity contribution is 6.30. The van der Waals surface area contributed by atoms with E-state index in [4.69, 9.17) is 11.6 Å². The molecule has 0 aromatic heterocycles. The highest BCUT2D eigenvalue weighted by atomic mass is 35.5. The van der Waals surface area contributed by atoms with Crippen molar-refractivity contribution in [1.29, 1.82) is 0 Å². The van der Waals surface area contributed by atoms with Crippen LogP contribution in [0.4, 0.5) is 11.4 Å². The largest absolute Gasteiger partial charge is 0.387 e. The lowest BCUT2D eigenvalue weighted by Crippen LogP contribution is -2.12. The average molecular weight is 293 g/mol. The number of hydrogen-bond donors (Lipinski definition) is 2. The lowest BCUT2D eigenvalue weighted by atomic mass is 10.1. The molecule has 0 aliphatic carbocycles. The van der Waals surface area contributed by atoms with Crippen LogP contribution in [0.25, 0.3) is 0 Å². The maximum Gasteiger partial charge on any atom is 0.269 e. The van der Waals surface area contributed by atoms with Gasteiger partial charge >= 0.3 is 0 Å². The quantitative estimate of drug-likeness (QED) is 0.654. The van der Waals surface area contributed by atoms with Gasteiger partial charge < -0.3 is 10.4 Å². The summed E-state index contributed by atoms with van der Waals surface area (Å²) < 4.78 is 0. The van der Waals surface area contributed by atoms with Crippen LogP contribution in [0.5, 0.6) is 0 Å². The second-order valence-electron chi connectivity index (χ2n) is 4.25. The van der Waals surface area contributed by atoms with E-state index in [9.17, 15) is 15.2 Å². The molecular formula is C14H13ClN2O3. The van der Waals surface area contributed by atoms with E-state index in [1.54, 1.807) is 24.3 Å². The van der Waals surface area contributed by atoms with Crippen molar-refractivity contribution in [3.8, 4) is 0 Å². The molecule has 0 saturated carbocycles. The van der Waals surface area contributed by atoms with E-state index in [-0.39, 0.29) is 5.69 Å². The zero-order valence-electron chi connectivity index (χ0n) is 10.5. The minimum absolute atomic E-state index is 0.00612. The summed E-state index contributed by atoms with van der Waals surface area (Å²) >= 11 is 5.78. The van der Waals surface area contributed by atoms with Crippen LogP contribution in [0, 0.1) is 10.1 Å². The van der Waals surface area contributed by atoms with Crippen molar-refractivity contribution in [2.75, 3.05) is 11.9 Å². The van der Waals surface area contributed by atoms with E-state index >= 15 is 0 Å². The third kappa shape index (κ3) is 3.69. The molecule has 2 aromatic rings. The summed E-state index contributed by atoms with van der Waals surface area (Å²) in [6, 6.07) is 13.0. The van der Waals surface area contributed by atoms with Crippen LogP contribution in [0.3, 0.4) is 0 Å². The van der Waals surface area contributed by atoms with Gasteiger partial charge in [0.15, 0.2) is 0 Å². The maximum absolute atomic E-state index is 10.5. The average Bonchev–Trinajstić information content (AvgIpc) is 2.46. The van der Waals surface area contributed by atoms with E-state index in [0.29, 0.717) is 17.1 Å². The zero-order valence-corrected chi connectivity index (χ0v) is 11.2. The topological polar surface area (TPSA) is 75.4 Å². The molecular weight excluding hydrogens is 280 g/mol. The number of nitrogens with zero attached hydrogens (tertiary/aromatic N) is 1. The number of anilines is 1. The summed E-state index contributed by atoms with van der Waals surface area (Å²) in [5, 5.41) is 24.3. The Morgan fingerprint density at radius 1 is 1.15 bits per heavy atom. The van der Waals surface area contributed by atoms with Gasteiger partial charge in [0.05, 0.1) is 11.0 Å². The van der Waals surface area contributed by atoms with E-state index in [0.717, 1.165) is 5.69 Å². The molecule has 6 heteroatoms. The second-order valence-corrected chi connectivity index (χ2v) is 4.69. The van der Waals surface area contributed by atoms with Crippen LogP contribution in [-0.4, -0.2) is 16.6 Å². The molecule has 0 aliphatic rings. The van der Waals surface area contributed by atoms with Crippen LogP contribution in [0.1, 0.15) is 11.7 Å². The van der Waals surface area contributed by atoms with Crippen LogP contribution in [0.2, 0.25) is 5.02 Å². The third-order valence-corrected chi connectivity index (χ3v) is 3.08. The molecule has 0 fully saturated rings. The van der Waals surface area contributed by atoms with Crippen molar-refractivity contribution in [2.45, 2.75) is 6.10 Å². The van der Waals surface area contributed by atoms with Crippen molar-refractivity contribution in [3.05, 3.63) is 69.2 Å². The Kier molecular flexibility index (Phi) is 4.55. The number of non-ortho nitro benzene ring substituents is 1. The summed E-state index contributed by atoms with van der Waals surface area (Å²) in [6.45, 7) is 0.305. The number of nitro benzene ring substituents is 1. The Bertz CT molecular complexity index is 584. The van der Waals surface area contributed by atoms with Crippen LogP contribution in [0.15, 0.2) is 48.5 Å². The van der Waals surface area contributed by atoms with Gasteiger partial charge in [-0.15, -0.1) is 0 Å². The van der Waals surface area contributed by atoms with E-state index in [1.807, 2.05) is 12.1 Å². The first-order chi connectivity index (χ1) is 9.56. The van der Waals surface area contributed by atoms with Gasteiger partial charge in [0, 0.05) is 29.4 Å². The number of nitro groups is 1. The Morgan fingerprint density at radius 2 is 1.75 bits per heavy atom. The fraction of sp³-hybridized carbons (Fsp3) is 0.143. The molecule has 1 unspecified atom stereocenters. The highest BCUT2D eigenvalue weighted by Crippen LogP contribution is 2.19. The van der Waals surface area contributed by atoms with Gasteiger partial charge in [0.2, 0.25) is 0 Å². The van der Waals surface area contributed by atoms with Gasteiger partial charge in [-0.05, 0) is 42.0 Å². The van der Waals surface area contributed by atoms with E-state index in [2.05, 4.69) is 5.32 Å². The molecule has 2 rings (SSSR count). The number of nitrogens with one attached hydrogen (secondary N) is 1. The Morgan fingerprint density at radius 3 is 2.30 bits per heavy atom. The lowest BCUT2D eigenvalue weighted by Gasteiger charge is -2.13. The first-order valence-corrected chi connectivity index (χ1v) is 6.36. The molecule has 0 heterocycles. The second kappa shape index (κ2) is 6.36. The monoisotopic (exact) mass is 292 g/mol. The standard InChI is InChI=1S/C14H13ClN2O3/c15-11-3-5-12(6-4-11)16-9-14(18)10-1-7-13(8-2-10)17(19)20/h1-8,14,16,18H,9H2. The Hall–Kier alpha value is -2.11. The van der Waals surface area contributed by atoms with Gasteiger partial charge in [0.25, 0.3) is 5.69 Å². The SMILES string of the molecule is O=[N+]([O-])c1ccc(C(O)CNc2ccc(Cl)cc2)cc1. The van der Waals surface area contributed by atoms with E-state index < -0.39 is 11.0 Å². The molecule has 20 heavy (non-hydrogen) atoms. The van der Waals surface area contributed by atoms with Crippen LogP contribution < -0.4 is 5.32 Å². The summed E-state index contributed by atoms with van der Waals surface area (Å²) in [4.78, 5) is 10.1. The third-order valence-electron chi connectivity index (χ3n) is 2.83. The number of halogens is 1. The highest BCUT2D eigenvalue weighted by Gasteiger charge is 2.10. The number of rotatable bonds is 5. The fourth-order valence-electron chi connectivity index (χ4n) is 1.72. The molecule has 104 valence electrons. The molecule has 0 spiro atoms. The Labute approximate surface area is 121 Å². The van der Waals surface area contributed by atoms with Crippen LogP contribution in [-0.2, 0) is 0 Å². The zero-order chi connectivity index (χ0) is 14.5. The van der Waals surface area contributed by atoms with Gasteiger partial charge in [0.1, 0.15) is 0 Å². The molecule has 0 bridgehead atoms. The van der Waals surface area contributed by atoms with Crippen molar-refractivity contribution in [1.82, 2.24) is 0 Å². The van der Waals surface area contributed by atoms with Crippen molar-refractivity contribution in [2.24, 2.45) is 0 Å². The van der Waals surface area contributed by atoms with Crippen LogP contribution >= 0.6 is 11.6 Å². The number of aliphatic hydroxyl groups is 1. The molecule has 0 aliphatic heterocycles. The number of aliphatic hydroxyl groups excluding tert-OH is 1. The summed E-state index contributed by atoms with van der Waals surface area (Å²) in [6.07, 6.45) is -0.744. The predicted octanol–water partition coefficient (Wildman–Crippen LogP) is 3.39. The molecule has 1 atom stereocenters. The van der Waals surface area contributed by atoms with Gasteiger partial charge in [-0.3, -0.25) is 10.1 Å². The van der Waals surface area contributed by atoms with Gasteiger partial charge in [-0.1, -0.05) is 11.6 Å². The maximum atomic E-state index is 10.5. The molecule has 5 nitrogen and oxygen atoms in total. The van der Waals surface area contributed by atoms with E-state index in [1.165, 1.54) is 12.1 Å². The predicted molar refractivity (Wildman–Crippen MR) is 78.0 cm³/mol. The van der Waals surface area contributed by atoms with Gasteiger partial charge in [-0.25, -0.2) is 0 Å².